The van der Waals surface area contributed by atoms with E-state index >= 15 is 0 Å². The number of carbonyl (C=O) groups is 1. The van der Waals surface area contributed by atoms with Gasteiger partial charge in [-0.15, -0.1) is 0 Å². The normalized spacial score (nSPS) is 15.8. The molecule has 1 fully saturated rings. The van der Waals surface area contributed by atoms with E-state index in [0.29, 0.717) is 49.0 Å². The molecule has 2 aromatic rings. The predicted octanol–water partition coefficient (Wildman–Crippen LogP) is 2.74. The van der Waals surface area contributed by atoms with Gasteiger partial charge >= 0.3 is 0 Å². The molecular formula is C20H28N4O4S. The Labute approximate surface area is 171 Å². The molecule has 1 saturated heterocycles. The summed E-state index contributed by atoms with van der Waals surface area (Å²) in [5, 5.41) is 3.84. The average molecular weight is 421 g/mol. The number of carbonyl (C=O) groups excluding carboxylic acids is 1. The molecule has 1 aliphatic heterocycles. The van der Waals surface area contributed by atoms with Crippen LogP contribution < -0.4 is 0 Å². The van der Waals surface area contributed by atoms with Crippen molar-refractivity contribution in [2.45, 2.75) is 51.3 Å². The van der Waals surface area contributed by atoms with Crippen molar-refractivity contribution in [1.82, 2.24) is 19.3 Å². The molecule has 1 amide bonds. The summed E-state index contributed by atoms with van der Waals surface area (Å²) in [5.41, 5.74) is 1.03. The van der Waals surface area contributed by atoms with Crippen LogP contribution in [0.25, 0.3) is 0 Å². The molecule has 0 N–H and O–H groups in total. The third-order valence-electron chi connectivity index (χ3n) is 5.43. The highest BCUT2D eigenvalue weighted by molar-refractivity contribution is 7.89. The van der Waals surface area contributed by atoms with Crippen LogP contribution in [0.4, 0.5) is 0 Å². The highest BCUT2D eigenvalue weighted by Gasteiger charge is 2.29. The fourth-order valence-corrected chi connectivity index (χ4v) is 5.41. The summed E-state index contributed by atoms with van der Waals surface area (Å²) in [5.74, 6) is 1.23. The minimum atomic E-state index is -3.63. The van der Waals surface area contributed by atoms with Gasteiger partial charge in [0, 0.05) is 37.7 Å². The standard InChI is InChI=1S/C20H28N4O4S/c1-5-24(6-2)29(26,27)18-13-17(8-7-14(18)3)20(25)23-11-9-16(10-12-23)19-21-15(4)22-28-19/h7-8,13,16H,5-6,9-12H2,1-4H3. The lowest BCUT2D eigenvalue weighted by Crippen LogP contribution is -2.38. The van der Waals surface area contributed by atoms with Crippen LogP contribution in [-0.2, 0) is 10.0 Å². The Hall–Kier alpha value is -2.26. The van der Waals surface area contributed by atoms with Crippen LogP contribution >= 0.6 is 0 Å². The quantitative estimate of drug-likeness (QED) is 0.713. The molecule has 1 aromatic carbocycles. The maximum absolute atomic E-state index is 13.0. The number of piperidine rings is 1. The molecule has 0 atom stereocenters. The smallest absolute Gasteiger partial charge is 0.253 e. The predicted molar refractivity (Wildman–Crippen MR) is 108 cm³/mol. The second-order valence-electron chi connectivity index (χ2n) is 7.32. The van der Waals surface area contributed by atoms with Crippen molar-refractivity contribution in [3.05, 3.63) is 41.0 Å². The monoisotopic (exact) mass is 420 g/mol. The van der Waals surface area contributed by atoms with Crippen LogP contribution in [-0.4, -0.2) is 59.8 Å². The topological polar surface area (TPSA) is 96.6 Å². The molecule has 0 bridgehead atoms. The van der Waals surface area contributed by atoms with Gasteiger partial charge in [-0.05, 0) is 44.4 Å². The van der Waals surface area contributed by atoms with Crippen molar-refractivity contribution in [2.75, 3.05) is 26.2 Å². The van der Waals surface area contributed by atoms with Crippen LogP contribution in [0.2, 0.25) is 0 Å². The highest BCUT2D eigenvalue weighted by Crippen LogP contribution is 2.28. The molecule has 0 saturated carbocycles. The number of amides is 1. The first-order valence-electron chi connectivity index (χ1n) is 9.98. The average Bonchev–Trinajstić information content (AvgIpc) is 3.15. The summed E-state index contributed by atoms with van der Waals surface area (Å²) >= 11 is 0. The molecule has 2 heterocycles. The zero-order valence-corrected chi connectivity index (χ0v) is 18.2. The lowest BCUT2D eigenvalue weighted by Gasteiger charge is -2.30. The lowest BCUT2D eigenvalue weighted by atomic mass is 9.96. The van der Waals surface area contributed by atoms with Crippen molar-refractivity contribution in [1.29, 1.82) is 0 Å². The molecule has 0 unspecified atom stereocenters. The minimum absolute atomic E-state index is 0.150. The fraction of sp³-hybridized carbons (Fsp3) is 0.550. The molecule has 158 valence electrons. The molecule has 0 spiro atoms. The number of rotatable bonds is 6. The van der Waals surface area contributed by atoms with Gasteiger partial charge in [-0.1, -0.05) is 25.1 Å². The molecular weight excluding hydrogens is 392 g/mol. The summed E-state index contributed by atoms with van der Waals surface area (Å²) in [6.07, 6.45) is 1.48. The maximum atomic E-state index is 13.0. The van der Waals surface area contributed by atoms with Crippen LogP contribution in [0.15, 0.2) is 27.6 Å². The fourth-order valence-electron chi connectivity index (χ4n) is 3.70. The molecule has 1 aliphatic rings. The molecule has 29 heavy (non-hydrogen) atoms. The van der Waals surface area contributed by atoms with Gasteiger partial charge in [0.05, 0.1) is 4.90 Å². The van der Waals surface area contributed by atoms with Crippen molar-refractivity contribution in [2.24, 2.45) is 0 Å². The number of aryl methyl sites for hydroxylation is 2. The third-order valence-corrected chi connectivity index (χ3v) is 7.62. The van der Waals surface area contributed by atoms with E-state index in [1.54, 1.807) is 44.7 Å². The van der Waals surface area contributed by atoms with Gasteiger partial charge in [0.15, 0.2) is 5.82 Å². The summed E-state index contributed by atoms with van der Waals surface area (Å²) < 4.78 is 32.6. The van der Waals surface area contributed by atoms with Crippen LogP contribution in [0, 0.1) is 13.8 Å². The Kier molecular flexibility index (Phi) is 6.38. The first kappa shape index (κ1) is 21.4. The molecule has 0 aliphatic carbocycles. The van der Waals surface area contributed by atoms with Gasteiger partial charge < -0.3 is 9.42 Å². The zero-order chi connectivity index (χ0) is 21.2. The van der Waals surface area contributed by atoms with E-state index in [1.165, 1.54) is 10.4 Å². The van der Waals surface area contributed by atoms with E-state index in [2.05, 4.69) is 10.1 Å². The summed E-state index contributed by atoms with van der Waals surface area (Å²) in [6, 6.07) is 4.92. The number of aromatic nitrogens is 2. The van der Waals surface area contributed by atoms with Crippen LogP contribution in [0.5, 0.6) is 0 Å². The molecule has 0 radical (unpaired) electrons. The van der Waals surface area contributed by atoms with Crippen molar-refractivity contribution >= 4 is 15.9 Å². The number of sulfonamides is 1. The van der Waals surface area contributed by atoms with Gasteiger partial charge in [-0.2, -0.15) is 9.29 Å². The van der Waals surface area contributed by atoms with E-state index in [1.807, 2.05) is 0 Å². The Morgan fingerprint density at radius 2 is 1.86 bits per heavy atom. The number of hydrogen-bond acceptors (Lipinski definition) is 6. The summed E-state index contributed by atoms with van der Waals surface area (Å²) in [6.45, 7) is 9.06. The van der Waals surface area contributed by atoms with E-state index in [-0.39, 0.29) is 16.7 Å². The zero-order valence-electron chi connectivity index (χ0n) is 17.4. The second kappa shape index (κ2) is 8.62. The SMILES string of the molecule is CCN(CC)S(=O)(=O)c1cc(C(=O)N2CCC(c3nc(C)no3)CC2)ccc1C. The van der Waals surface area contributed by atoms with E-state index in [4.69, 9.17) is 4.52 Å². The Morgan fingerprint density at radius 3 is 2.41 bits per heavy atom. The van der Waals surface area contributed by atoms with Crippen molar-refractivity contribution in [3.63, 3.8) is 0 Å². The second-order valence-corrected chi connectivity index (χ2v) is 9.22. The molecule has 9 heteroatoms. The Bertz CT molecular complexity index is 974. The molecule has 3 rings (SSSR count). The lowest BCUT2D eigenvalue weighted by molar-refractivity contribution is 0.0704. The Balaban J connectivity index is 1.77. The van der Waals surface area contributed by atoms with E-state index in [0.717, 1.165) is 12.8 Å². The maximum Gasteiger partial charge on any atom is 0.253 e. The van der Waals surface area contributed by atoms with Gasteiger partial charge in [0.25, 0.3) is 5.91 Å². The highest BCUT2D eigenvalue weighted by atomic mass is 32.2. The van der Waals surface area contributed by atoms with Crippen LogP contribution in [0.1, 0.15) is 60.2 Å². The number of likely N-dealkylation sites (tertiary alicyclic amines) is 1. The van der Waals surface area contributed by atoms with Crippen LogP contribution in [0.3, 0.4) is 0 Å². The van der Waals surface area contributed by atoms with Gasteiger partial charge in [0.1, 0.15) is 0 Å². The number of nitrogens with zero attached hydrogens (tertiary/aromatic N) is 4. The Morgan fingerprint density at radius 1 is 1.21 bits per heavy atom. The van der Waals surface area contributed by atoms with Crippen molar-refractivity contribution in [3.8, 4) is 0 Å². The van der Waals surface area contributed by atoms with E-state index in [9.17, 15) is 13.2 Å². The minimum Gasteiger partial charge on any atom is -0.339 e. The summed E-state index contributed by atoms with van der Waals surface area (Å²) in [7, 11) is -3.63. The van der Waals surface area contributed by atoms with Crippen molar-refractivity contribution < 1.29 is 17.7 Å². The first-order valence-corrected chi connectivity index (χ1v) is 11.4. The number of hydrogen-bond donors (Lipinski definition) is 0. The molecule has 8 nitrogen and oxygen atoms in total. The van der Waals surface area contributed by atoms with Gasteiger partial charge in [0.2, 0.25) is 15.9 Å². The largest absolute Gasteiger partial charge is 0.339 e. The first-order chi connectivity index (χ1) is 13.8. The third kappa shape index (κ3) is 4.35. The molecule has 1 aromatic heterocycles. The van der Waals surface area contributed by atoms with E-state index < -0.39 is 10.0 Å². The van der Waals surface area contributed by atoms with Gasteiger partial charge in [-0.25, -0.2) is 8.42 Å². The van der Waals surface area contributed by atoms with Gasteiger partial charge in [-0.3, -0.25) is 4.79 Å². The number of benzene rings is 1. The summed E-state index contributed by atoms with van der Waals surface area (Å²) in [4.78, 5) is 19.3.